The zero-order valence-corrected chi connectivity index (χ0v) is 8.96. The second-order valence-electron chi connectivity index (χ2n) is 4.50. The van der Waals surface area contributed by atoms with Crippen molar-refractivity contribution in [2.24, 2.45) is 17.7 Å². The van der Waals surface area contributed by atoms with E-state index in [0.29, 0.717) is 12.0 Å². The van der Waals surface area contributed by atoms with Gasteiger partial charge in [-0.2, -0.15) is 0 Å². The zero-order valence-electron chi connectivity index (χ0n) is 8.96. The first-order valence-corrected chi connectivity index (χ1v) is 5.63. The van der Waals surface area contributed by atoms with Crippen molar-refractivity contribution in [2.45, 2.75) is 58.5 Å². The lowest BCUT2D eigenvalue weighted by Crippen LogP contribution is -2.26. The minimum absolute atomic E-state index is 0.324. The Bertz CT molecular complexity index is 138. The molecule has 3 unspecified atom stereocenters. The average Bonchev–Trinajstić information content (AvgIpc) is 2.28. The molecule has 1 saturated carbocycles. The molecule has 3 atom stereocenters. The van der Waals surface area contributed by atoms with Crippen molar-refractivity contribution in [3.05, 3.63) is 0 Å². The molecule has 0 aromatic carbocycles. The van der Waals surface area contributed by atoms with E-state index in [0.717, 1.165) is 12.3 Å². The minimum atomic E-state index is 0.324. The summed E-state index contributed by atoms with van der Waals surface area (Å²) in [6, 6.07) is 0. The molecular weight excluding hydrogens is 162 g/mol. The van der Waals surface area contributed by atoms with Gasteiger partial charge in [0.25, 0.3) is 0 Å². The summed E-state index contributed by atoms with van der Waals surface area (Å²) in [5.41, 5.74) is 0. The Morgan fingerprint density at radius 3 is 2.77 bits per heavy atom. The maximum absolute atomic E-state index is 5.34. The van der Waals surface area contributed by atoms with Gasteiger partial charge in [0, 0.05) is 0 Å². The molecule has 2 heteroatoms. The van der Waals surface area contributed by atoms with Gasteiger partial charge in [-0.1, -0.05) is 33.1 Å². The van der Waals surface area contributed by atoms with Crippen molar-refractivity contribution in [2.75, 3.05) is 0 Å². The molecule has 13 heavy (non-hydrogen) atoms. The van der Waals surface area contributed by atoms with Crippen LogP contribution in [0.15, 0.2) is 0 Å². The van der Waals surface area contributed by atoms with E-state index in [2.05, 4.69) is 13.8 Å². The molecule has 2 N–H and O–H groups in total. The van der Waals surface area contributed by atoms with Gasteiger partial charge in [-0.25, -0.2) is 5.90 Å². The highest BCUT2D eigenvalue weighted by Gasteiger charge is 2.26. The van der Waals surface area contributed by atoms with Crippen molar-refractivity contribution in [3.63, 3.8) is 0 Å². The summed E-state index contributed by atoms with van der Waals surface area (Å²) in [7, 11) is 0. The van der Waals surface area contributed by atoms with Crippen molar-refractivity contribution in [1.29, 1.82) is 0 Å². The van der Waals surface area contributed by atoms with Crippen LogP contribution in [0.2, 0.25) is 0 Å². The first kappa shape index (κ1) is 11.0. The van der Waals surface area contributed by atoms with Crippen LogP contribution in [-0.2, 0) is 4.84 Å². The molecule has 2 nitrogen and oxygen atoms in total. The molecule has 0 heterocycles. The van der Waals surface area contributed by atoms with E-state index >= 15 is 0 Å². The highest BCUT2D eigenvalue weighted by Crippen LogP contribution is 2.31. The fourth-order valence-corrected chi connectivity index (χ4v) is 2.54. The lowest BCUT2D eigenvalue weighted by molar-refractivity contribution is 0.00220. The Balaban J connectivity index is 2.49. The van der Waals surface area contributed by atoms with Gasteiger partial charge < -0.3 is 4.84 Å². The molecule has 1 fully saturated rings. The van der Waals surface area contributed by atoms with Crippen LogP contribution in [-0.4, -0.2) is 6.10 Å². The molecule has 0 amide bonds. The van der Waals surface area contributed by atoms with E-state index in [1.54, 1.807) is 0 Å². The molecule has 0 aromatic rings. The Kier molecular flexibility index (Phi) is 4.74. The average molecular weight is 185 g/mol. The van der Waals surface area contributed by atoms with E-state index in [-0.39, 0.29) is 0 Å². The van der Waals surface area contributed by atoms with E-state index in [1.807, 2.05) is 0 Å². The largest absolute Gasteiger partial charge is 0.301 e. The van der Waals surface area contributed by atoms with E-state index in [9.17, 15) is 0 Å². The molecule has 0 spiro atoms. The fraction of sp³-hybridized carbons (Fsp3) is 1.00. The van der Waals surface area contributed by atoms with E-state index in [1.165, 1.54) is 32.1 Å². The Hall–Kier alpha value is -0.0800. The molecule has 0 aliphatic heterocycles. The maximum atomic E-state index is 5.34. The third-order valence-electron chi connectivity index (χ3n) is 3.25. The van der Waals surface area contributed by atoms with Crippen LogP contribution in [0.4, 0.5) is 0 Å². The van der Waals surface area contributed by atoms with Crippen LogP contribution in [0.5, 0.6) is 0 Å². The number of nitrogens with two attached hydrogens (primary N) is 1. The highest BCUT2D eigenvalue weighted by atomic mass is 16.6. The van der Waals surface area contributed by atoms with Crippen LogP contribution < -0.4 is 5.90 Å². The molecule has 1 aliphatic carbocycles. The first-order valence-electron chi connectivity index (χ1n) is 5.63. The number of rotatable bonds is 3. The topological polar surface area (TPSA) is 35.2 Å². The van der Waals surface area contributed by atoms with Crippen LogP contribution in [0, 0.1) is 11.8 Å². The van der Waals surface area contributed by atoms with Crippen LogP contribution in [0.1, 0.15) is 52.4 Å². The van der Waals surface area contributed by atoms with Gasteiger partial charge in [0.15, 0.2) is 0 Å². The van der Waals surface area contributed by atoms with Crippen molar-refractivity contribution in [1.82, 2.24) is 0 Å². The Morgan fingerprint density at radius 2 is 2.15 bits per heavy atom. The quantitative estimate of drug-likeness (QED) is 0.542. The highest BCUT2D eigenvalue weighted by molar-refractivity contribution is 4.76. The lowest BCUT2D eigenvalue weighted by atomic mass is 9.89. The fourth-order valence-electron chi connectivity index (χ4n) is 2.54. The predicted octanol–water partition coefficient (Wildman–Crippen LogP) is 2.87. The molecule has 0 radical (unpaired) electrons. The summed E-state index contributed by atoms with van der Waals surface area (Å²) < 4.78 is 0. The summed E-state index contributed by atoms with van der Waals surface area (Å²) >= 11 is 0. The first-order chi connectivity index (χ1) is 6.27. The smallest absolute Gasteiger partial charge is 0.0815 e. The van der Waals surface area contributed by atoms with Gasteiger partial charge in [0.1, 0.15) is 0 Å². The van der Waals surface area contributed by atoms with E-state index < -0.39 is 0 Å². The molecule has 0 aromatic heterocycles. The van der Waals surface area contributed by atoms with Crippen LogP contribution >= 0.6 is 0 Å². The summed E-state index contributed by atoms with van der Waals surface area (Å²) in [4.78, 5) is 5.08. The number of hydrogen-bond donors (Lipinski definition) is 1. The van der Waals surface area contributed by atoms with Gasteiger partial charge >= 0.3 is 0 Å². The van der Waals surface area contributed by atoms with Gasteiger partial charge in [0.2, 0.25) is 0 Å². The van der Waals surface area contributed by atoms with Crippen molar-refractivity contribution in [3.8, 4) is 0 Å². The summed E-state index contributed by atoms with van der Waals surface area (Å²) in [6.07, 6.45) is 7.93. The second-order valence-corrected chi connectivity index (χ2v) is 4.50. The normalized spacial score (nSPS) is 35.8. The van der Waals surface area contributed by atoms with Gasteiger partial charge in [-0.05, 0) is 31.1 Å². The third-order valence-corrected chi connectivity index (χ3v) is 3.25. The molecule has 0 bridgehead atoms. The molecule has 0 saturated heterocycles. The van der Waals surface area contributed by atoms with Gasteiger partial charge in [-0.3, -0.25) is 0 Å². The summed E-state index contributed by atoms with van der Waals surface area (Å²) in [6.45, 7) is 4.59. The van der Waals surface area contributed by atoms with Crippen molar-refractivity contribution >= 4 is 0 Å². The van der Waals surface area contributed by atoms with Gasteiger partial charge in [-0.15, -0.1) is 0 Å². The summed E-state index contributed by atoms with van der Waals surface area (Å²) in [5, 5.41) is 0. The standard InChI is InChI=1S/C11H23NO/c1-3-5-10-8-9(2)6-4-7-11(10)13-12/h9-11H,3-8,12H2,1-2H3. The third kappa shape index (κ3) is 3.28. The molecular formula is C11H23NO. The second kappa shape index (κ2) is 5.61. The Morgan fingerprint density at radius 1 is 1.38 bits per heavy atom. The van der Waals surface area contributed by atoms with Crippen molar-refractivity contribution < 1.29 is 4.84 Å². The molecule has 1 rings (SSSR count). The van der Waals surface area contributed by atoms with E-state index in [4.69, 9.17) is 10.7 Å². The monoisotopic (exact) mass is 185 g/mol. The minimum Gasteiger partial charge on any atom is -0.301 e. The van der Waals surface area contributed by atoms with Gasteiger partial charge in [0.05, 0.1) is 6.10 Å². The van der Waals surface area contributed by atoms with Crippen LogP contribution in [0.25, 0.3) is 0 Å². The molecule has 1 aliphatic rings. The van der Waals surface area contributed by atoms with Crippen LogP contribution in [0.3, 0.4) is 0 Å². The Labute approximate surface area is 81.8 Å². The lowest BCUT2D eigenvalue weighted by Gasteiger charge is -2.23. The number of hydrogen-bond acceptors (Lipinski definition) is 2. The SMILES string of the molecule is CCCC1CC(C)CCCC1ON. The summed E-state index contributed by atoms with van der Waals surface area (Å²) in [5.74, 6) is 6.90. The predicted molar refractivity (Wildman–Crippen MR) is 55.1 cm³/mol. The maximum Gasteiger partial charge on any atom is 0.0815 e. The zero-order chi connectivity index (χ0) is 9.68. The molecule has 78 valence electrons.